The molecule has 30 heavy (non-hydrogen) atoms. The molecule has 2 aromatic carbocycles. The van der Waals surface area contributed by atoms with E-state index >= 15 is 0 Å². The molecule has 0 saturated carbocycles. The van der Waals surface area contributed by atoms with Crippen LogP contribution >= 0.6 is 11.6 Å². The fraction of sp³-hybridized carbons (Fsp3) is 0.227. The van der Waals surface area contributed by atoms with Crippen molar-refractivity contribution in [3.63, 3.8) is 0 Å². The van der Waals surface area contributed by atoms with Crippen molar-refractivity contribution in [2.45, 2.75) is 26.4 Å². The van der Waals surface area contributed by atoms with Crippen molar-refractivity contribution < 1.29 is 23.4 Å². The Morgan fingerprint density at radius 1 is 1.13 bits per heavy atom. The molecule has 1 heterocycles. The zero-order valence-corrected chi connectivity index (χ0v) is 17.7. The van der Waals surface area contributed by atoms with Gasteiger partial charge in [-0.15, -0.1) is 0 Å². The normalized spacial score (nSPS) is 11.7. The Hall–Kier alpha value is -3.19. The van der Waals surface area contributed by atoms with Crippen molar-refractivity contribution in [3.8, 4) is 17.4 Å². The number of methoxy groups -OCH3 is 1. The molecule has 0 N–H and O–H groups in total. The number of fused-ring (bicyclic) bond motifs is 1. The van der Waals surface area contributed by atoms with Crippen LogP contribution in [0.1, 0.15) is 26.3 Å². The molecular weight excluding hydrogens is 411 g/mol. The minimum Gasteiger partial charge on any atom is -0.496 e. The van der Waals surface area contributed by atoms with E-state index in [0.29, 0.717) is 22.2 Å². The molecule has 8 heteroatoms. The summed E-state index contributed by atoms with van der Waals surface area (Å²) in [5.74, 6) is -0.499. The number of carbonyl (C=O) groups is 1. The second kappa shape index (κ2) is 8.67. The van der Waals surface area contributed by atoms with E-state index in [1.54, 1.807) is 39.0 Å². The largest absolute Gasteiger partial charge is 0.496 e. The summed E-state index contributed by atoms with van der Waals surface area (Å²) in [6.45, 7) is 5.37. The summed E-state index contributed by atoms with van der Waals surface area (Å²) >= 11 is 5.78. The average Bonchev–Trinajstić information content (AvgIpc) is 2.66. The highest BCUT2D eigenvalue weighted by Gasteiger charge is 2.15. The van der Waals surface area contributed by atoms with E-state index < -0.39 is 17.4 Å². The summed E-state index contributed by atoms with van der Waals surface area (Å²) in [5, 5.41) is 0.772. The van der Waals surface area contributed by atoms with Crippen LogP contribution in [-0.2, 0) is 9.53 Å². The molecule has 0 radical (unpaired) electrons. The highest BCUT2D eigenvalue weighted by atomic mass is 35.5. The van der Waals surface area contributed by atoms with E-state index in [4.69, 9.17) is 25.8 Å². The third-order valence-corrected chi connectivity index (χ3v) is 4.09. The quantitative estimate of drug-likeness (QED) is 0.389. The van der Waals surface area contributed by atoms with Gasteiger partial charge in [-0.3, -0.25) is 0 Å². The number of rotatable bonds is 5. The maximum absolute atomic E-state index is 14.1. The maximum atomic E-state index is 14.1. The lowest BCUT2D eigenvalue weighted by molar-refractivity contribution is -0.148. The number of carbonyl (C=O) groups excluding carboxylic acids is 1. The lowest BCUT2D eigenvalue weighted by Crippen LogP contribution is -2.22. The van der Waals surface area contributed by atoms with Crippen LogP contribution < -0.4 is 9.47 Å². The van der Waals surface area contributed by atoms with Crippen molar-refractivity contribution in [2.75, 3.05) is 7.11 Å². The van der Waals surface area contributed by atoms with Crippen molar-refractivity contribution in [3.05, 3.63) is 59.1 Å². The van der Waals surface area contributed by atoms with Crippen molar-refractivity contribution in [2.24, 2.45) is 0 Å². The molecule has 0 saturated heterocycles. The first-order valence-electron chi connectivity index (χ1n) is 9.03. The number of ether oxygens (including phenoxy) is 3. The van der Waals surface area contributed by atoms with E-state index in [-0.39, 0.29) is 16.7 Å². The predicted molar refractivity (Wildman–Crippen MR) is 112 cm³/mol. The number of esters is 1. The van der Waals surface area contributed by atoms with E-state index in [1.165, 1.54) is 31.6 Å². The fourth-order valence-corrected chi connectivity index (χ4v) is 2.78. The summed E-state index contributed by atoms with van der Waals surface area (Å²) in [4.78, 5) is 20.3. The summed E-state index contributed by atoms with van der Waals surface area (Å²) in [6, 6.07) is 7.46. The molecule has 0 bridgehead atoms. The zero-order valence-electron chi connectivity index (χ0n) is 16.9. The highest BCUT2D eigenvalue weighted by molar-refractivity contribution is 6.30. The van der Waals surface area contributed by atoms with Gasteiger partial charge in [-0.05, 0) is 57.2 Å². The minimum absolute atomic E-state index is 0.0211. The van der Waals surface area contributed by atoms with Crippen molar-refractivity contribution in [1.29, 1.82) is 0 Å². The van der Waals surface area contributed by atoms with E-state index in [2.05, 4.69) is 9.97 Å². The van der Waals surface area contributed by atoms with Crippen LogP contribution in [-0.4, -0.2) is 28.6 Å². The minimum atomic E-state index is -0.613. The average molecular weight is 431 g/mol. The van der Waals surface area contributed by atoms with Gasteiger partial charge in [0.15, 0.2) is 11.6 Å². The molecule has 0 unspecified atom stereocenters. The Bertz CT molecular complexity index is 1130. The molecule has 0 amide bonds. The molecule has 1 aromatic heterocycles. The summed E-state index contributed by atoms with van der Waals surface area (Å²) in [6.07, 6.45) is 4.20. The molecule has 3 aromatic rings. The lowest BCUT2D eigenvalue weighted by Gasteiger charge is -2.18. The first-order valence-corrected chi connectivity index (χ1v) is 9.41. The summed E-state index contributed by atoms with van der Waals surface area (Å²) in [5.41, 5.74) is 0.544. The molecule has 0 aliphatic rings. The molecule has 0 aliphatic carbocycles. The van der Waals surface area contributed by atoms with Gasteiger partial charge in [0.2, 0.25) is 5.88 Å². The van der Waals surface area contributed by atoms with Gasteiger partial charge in [-0.1, -0.05) is 11.6 Å². The Morgan fingerprint density at radius 2 is 1.90 bits per heavy atom. The first-order chi connectivity index (χ1) is 14.2. The smallest absolute Gasteiger partial charge is 0.331 e. The Kier molecular flexibility index (Phi) is 6.22. The van der Waals surface area contributed by atoms with Crippen LogP contribution in [0.5, 0.6) is 17.4 Å². The number of halogens is 2. The van der Waals surface area contributed by atoms with Gasteiger partial charge in [0.05, 0.1) is 18.0 Å². The van der Waals surface area contributed by atoms with Crippen LogP contribution in [0, 0.1) is 5.82 Å². The molecular formula is C22H20ClFN2O4. The monoisotopic (exact) mass is 430 g/mol. The van der Waals surface area contributed by atoms with Crippen molar-refractivity contribution in [1.82, 2.24) is 9.97 Å². The first kappa shape index (κ1) is 21.5. The van der Waals surface area contributed by atoms with E-state index in [9.17, 15) is 9.18 Å². The maximum Gasteiger partial charge on any atom is 0.331 e. The third kappa shape index (κ3) is 5.24. The molecule has 0 atom stereocenters. The Balaban J connectivity index is 1.97. The van der Waals surface area contributed by atoms with Crippen LogP contribution in [0.3, 0.4) is 0 Å². The van der Waals surface area contributed by atoms with Crippen LogP contribution in [0.4, 0.5) is 4.39 Å². The number of nitrogens with zero attached hydrogens (tertiary/aromatic N) is 2. The topological polar surface area (TPSA) is 70.5 Å². The molecule has 0 aliphatic heterocycles. The molecule has 6 nitrogen and oxygen atoms in total. The van der Waals surface area contributed by atoms with Crippen molar-refractivity contribution >= 4 is 34.5 Å². The van der Waals surface area contributed by atoms with Gasteiger partial charge in [0.1, 0.15) is 17.7 Å². The summed E-state index contributed by atoms with van der Waals surface area (Å²) in [7, 11) is 1.50. The Morgan fingerprint density at radius 3 is 2.57 bits per heavy atom. The van der Waals surface area contributed by atoms with Crippen LogP contribution in [0.15, 0.2) is 42.7 Å². The zero-order chi connectivity index (χ0) is 21.9. The summed E-state index contributed by atoms with van der Waals surface area (Å²) < 4.78 is 30.4. The van der Waals surface area contributed by atoms with Gasteiger partial charge in [0, 0.05) is 16.7 Å². The second-order valence-electron chi connectivity index (χ2n) is 7.33. The van der Waals surface area contributed by atoms with E-state index in [0.717, 1.165) is 6.07 Å². The molecule has 3 rings (SSSR count). The van der Waals surface area contributed by atoms with E-state index in [1.807, 2.05) is 0 Å². The molecule has 156 valence electrons. The van der Waals surface area contributed by atoms with Gasteiger partial charge < -0.3 is 14.2 Å². The molecule has 0 fully saturated rings. The molecule has 0 spiro atoms. The van der Waals surface area contributed by atoms with Gasteiger partial charge in [-0.25, -0.2) is 19.2 Å². The number of hydrogen-bond donors (Lipinski definition) is 0. The number of hydrogen-bond acceptors (Lipinski definition) is 6. The SMILES string of the molecule is COc1cc2c(Oc3ccc(Cl)cc3F)ncnc2cc1/C=C/C(=O)OC(C)(C)C. The van der Waals surface area contributed by atoms with Gasteiger partial charge >= 0.3 is 5.97 Å². The van der Waals surface area contributed by atoms with Crippen LogP contribution in [0.25, 0.3) is 17.0 Å². The van der Waals surface area contributed by atoms with Gasteiger partial charge in [0.25, 0.3) is 0 Å². The second-order valence-corrected chi connectivity index (χ2v) is 7.77. The fourth-order valence-electron chi connectivity index (χ4n) is 2.62. The highest BCUT2D eigenvalue weighted by Crippen LogP contribution is 2.33. The van der Waals surface area contributed by atoms with Crippen LogP contribution in [0.2, 0.25) is 5.02 Å². The standard InChI is InChI=1S/C22H20ClFN2O4/c1-22(2,3)30-20(27)8-5-13-9-17-15(11-19(13)28-4)21(26-12-25-17)29-18-7-6-14(23)10-16(18)24/h5-12H,1-4H3/b8-5+. The predicted octanol–water partition coefficient (Wildman–Crippen LogP) is 5.58. The Labute approximate surface area is 178 Å². The van der Waals surface area contributed by atoms with Gasteiger partial charge in [-0.2, -0.15) is 0 Å². The lowest BCUT2D eigenvalue weighted by atomic mass is 10.1. The number of benzene rings is 2. The third-order valence-electron chi connectivity index (χ3n) is 3.86. The number of aromatic nitrogens is 2.